The SMILES string of the molecule is NCC(Cc1cc(O)cc(F)c1)C(=O)N1CCOCC1. The zero-order valence-electron chi connectivity index (χ0n) is 11.2. The fraction of sp³-hybridized carbons (Fsp3) is 0.500. The molecular formula is C14H19FN2O3. The summed E-state index contributed by atoms with van der Waals surface area (Å²) in [7, 11) is 0. The molecule has 1 atom stereocenters. The Hall–Kier alpha value is -1.66. The van der Waals surface area contributed by atoms with Gasteiger partial charge in [-0.25, -0.2) is 4.39 Å². The molecule has 1 aliphatic rings. The summed E-state index contributed by atoms with van der Waals surface area (Å²) in [5.41, 5.74) is 6.24. The maximum absolute atomic E-state index is 13.2. The van der Waals surface area contributed by atoms with Crippen LogP contribution in [-0.2, 0) is 16.0 Å². The van der Waals surface area contributed by atoms with E-state index < -0.39 is 11.7 Å². The average Bonchev–Trinajstić information content (AvgIpc) is 2.44. The van der Waals surface area contributed by atoms with Gasteiger partial charge in [-0.05, 0) is 24.1 Å². The molecular weight excluding hydrogens is 263 g/mol. The Kier molecular flexibility index (Phi) is 4.92. The van der Waals surface area contributed by atoms with Gasteiger partial charge in [-0.3, -0.25) is 4.79 Å². The predicted molar refractivity (Wildman–Crippen MR) is 71.7 cm³/mol. The molecule has 1 saturated heterocycles. The van der Waals surface area contributed by atoms with Crippen LogP contribution in [0.5, 0.6) is 5.75 Å². The molecule has 110 valence electrons. The predicted octanol–water partition coefficient (Wildman–Crippen LogP) is 0.507. The number of halogens is 1. The van der Waals surface area contributed by atoms with E-state index in [1.165, 1.54) is 12.1 Å². The van der Waals surface area contributed by atoms with Gasteiger partial charge in [0.1, 0.15) is 11.6 Å². The monoisotopic (exact) mass is 282 g/mol. The Morgan fingerprint density at radius 2 is 2.10 bits per heavy atom. The fourth-order valence-electron chi connectivity index (χ4n) is 2.35. The third kappa shape index (κ3) is 3.68. The standard InChI is InChI=1S/C14H19FN2O3/c15-12-6-10(7-13(18)8-12)5-11(9-16)14(19)17-1-3-20-4-2-17/h6-8,11,18H,1-5,9,16H2. The van der Waals surface area contributed by atoms with Crippen LogP contribution in [0.4, 0.5) is 4.39 Å². The first-order chi connectivity index (χ1) is 9.60. The quantitative estimate of drug-likeness (QED) is 0.843. The van der Waals surface area contributed by atoms with Gasteiger partial charge in [0.15, 0.2) is 0 Å². The molecule has 0 bridgehead atoms. The van der Waals surface area contributed by atoms with Gasteiger partial charge in [0.25, 0.3) is 0 Å². The Morgan fingerprint density at radius 1 is 1.40 bits per heavy atom. The molecule has 0 aromatic heterocycles. The molecule has 2 rings (SSSR count). The number of phenolic OH excluding ortho intramolecular Hbond substituents is 1. The fourth-order valence-corrected chi connectivity index (χ4v) is 2.35. The number of nitrogens with zero attached hydrogens (tertiary/aromatic N) is 1. The molecule has 1 aromatic rings. The normalized spacial score (nSPS) is 17.0. The minimum absolute atomic E-state index is 0.0421. The average molecular weight is 282 g/mol. The van der Waals surface area contributed by atoms with Crippen molar-refractivity contribution in [2.75, 3.05) is 32.8 Å². The first kappa shape index (κ1) is 14.7. The van der Waals surface area contributed by atoms with E-state index in [2.05, 4.69) is 0 Å². The van der Waals surface area contributed by atoms with Crippen LogP contribution in [0.2, 0.25) is 0 Å². The largest absolute Gasteiger partial charge is 0.508 e. The number of hydrogen-bond donors (Lipinski definition) is 2. The highest BCUT2D eigenvalue weighted by molar-refractivity contribution is 5.79. The number of carbonyl (C=O) groups excluding carboxylic acids is 1. The molecule has 0 spiro atoms. The Bertz CT molecular complexity index is 455. The van der Waals surface area contributed by atoms with E-state index in [9.17, 15) is 14.3 Å². The van der Waals surface area contributed by atoms with Crippen molar-refractivity contribution in [1.29, 1.82) is 0 Å². The molecule has 0 saturated carbocycles. The summed E-state index contributed by atoms with van der Waals surface area (Å²) < 4.78 is 18.4. The number of nitrogens with two attached hydrogens (primary N) is 1. The minimum atomic E-state index is -0.519. The van der Waals surface area contributed by atoms with Crippen LogP contribution in [0.15, 0.2) is 18.2 Å². The summed E-state index contributed by atoms with van der Waals surface area (Å²) in [4.78, 5) is 14.1. The van der Waals surface area contributed by atoms with Crippen molar-refractivity contribution in [1.82, 2.24) is 4.90 Å². The summed E-state index contributed by atoms with van der Waals surface area (Å²) in [6.45, 7) is 2.37. The molecule has 1 unspecified atom stereocenters. The highest BCUT2D eigenvalue weighted by Gasteiger charge is 2.25. The van der Waals surface area contributed by atoms with Crippen molar-refractivity contribution in [3.63, 3.8) is 0 Å². The van der Waals surface area contributed by atoms with Gasteiger partial charge < -0.3 is 20.5 Å². The van der Waals surface area contributed by atoms with Gasteiger partial charge in [-0.1, -0.05) is 0 Å². The van der Waals surface area contributed by atoms with E-state index >= 15 is 0 Å². The van der Waals surface area contributed by atoms with Gasteiger partial charge in [-0.2, -0.15) is 0 Å². The van der Waals surface area contributed by atoms with Gasteiger partial charge in [0, 0.05) is 25.7 Å². The molecule has 1 amide bonds. The van der Waals surface area contributed by atoms with Crippen molar-refractivity contribution >= 4 is 5.91 Å². The summed E-state index contributed by atoms with van der Waals surface area (Å²) in [6, 6.07) is 3.80. The van der Waals surface area contributed by atoms with Crippen molar-refractivity contribution in [2.24, 2.45) is 11.7 Å². The lowest BCUT2D eigenvalue weighted by atomic mass is 9.97. The highest BCUT2D eigenvalue weighted by atomic mass is 19.1. The van der Waals surface area contributed by atoms with Crippen LogP contribution in [0.1, 0.15) is 5.56 Å². The summed E-state index contributed by atoms with van der Waals surface area (Å²) in [5.74, 6) is -1.11. The molecule has 1 aliphatic heterocycles. The maximum atomic E-state index is 13.2. The highest BCUT2D eigenvalue weighted by Crippen LogP contribution is 2.18. The number of morpholine rings is 1. The second-order valence-electron chi connectivity index (χ2n) is 4.89. The topological polar surface area (TPSA) is 75.8 Å². The lowest BCUT2D eigenvalue weighted by Crippen LogP contribution is -2.45. The van der Waals surface area contributed by atoms with Crippen molar-refractivity contribution in [2.45, 2.75) is 6.42 Å². The number of aromatic hydroxyl groups is 1. The number of phenols is 1. The van der Waals surface area contributed by atoms with Crippen LogP contribution < -0.4 is 5.73 Å². The van der Waals surface area contributed by atoms with Crippen LogP contribution in [0.25, 0.3) is 0 Å². The smallest absolute Gasteiger partial charge is 0.227 e. The molecule has 3 N–H and O–H groups in total. The van der Waals surface area contributed by atoms with Crippen molar-refractivity contribution < 1.29 is 19.0 Å². The second kappa shape index (κ2) is 6.67. The van der Waals surface area contributed by atoms with E-state index in [1.54, 1.807) is 4.90 Å². The van der Waals surface area contributed by atoms with E-state index in [-0.39, 0.29) is 18.2 Å². The summed E-state index contributed by atoms with van der Waals surface area (Å²) in [6.07, 6.45) is 0.317. The lowest BCUT2D eigenvalue weighted by molar-refractivity contribution is -0.139. The van der Waals surface area contributed by atoms with E-state index in [1.807, 2.05) is 0 Å². The Labute approximate surface area is 117 Å². The third-order valence-corrected chi connectivity index (χ3v) is 3.38. The van der Waals surface area contributed by atoms with Crippen LogP contribution >= 0.6 is 0 Å². The maximum Gasteiger partial charge on any atom is 0.227 e. The lowest BCUT2D eigenvalue weighted by Gasteiger charge is -2.30. The molecule has 0 radical (unpaired) electrons. The summed E-state index contributed by atoms with van der Waals surface area (Å²) >= 11 is 0. The molecule has 5 nitrogen and oxygen atoms in total. The molecule has 20 heavy (non-hydrogen) atoms. The Balaban J connectivity index is 2.05. The molecule has 1 aromatic carbocycles. The second-order valence-corrected chi connectivity index (χ2v) is 4.89. The van der Waals surface area contributed by atoms with Crippen LogP contribution in [0.3, 0.4) is 0 Å². The van der Waals surface area contributed by atoms with E-state index in [0.717, 1.165) is 6.07 Å². The molecule has 1 heterocycles. The van der Waals surface area contributed by atoms with Gasteiger partial charge in [0.2, 0.25) is 5.91 Å². The van der Waals surface area contributed by atoms with E-state index in [4.69, 9.17) is 10.5 Å². The minimum Gasteiger partial charge on any atom is -0.508 e. The molecule has 0 aliphatic carbocycles. The first-order valence-corrected chi connectivity index (χ1v) is 6.65. The third-order valence-electron chi connectivity index (χ3n) is 3.38. The first-order valence-electron chi connectivity index (χ1n) is 6.65. The zero-order chi connectivity index (χ0) is 14.5. The van der Waals surface area contributed by atoms with Gasteiger partial charge in [0.05, 0.1) is 19.1 Å². The van der Waals surface area contributed by atoms with Gasteiger partial charge in [-0.15, -0.1) is 0 Å². The summed E-state index contributed by atoms with van der Waals surface area (Å²) in [5, 5.41) is 9.38. The number of rotatable bonds is 4. The molecule has 6 heteroatoms. The number of ether oxygens (including phenoxy) is 1. The van der Waals surface area contributed by atoms with E-state index in [0.29, 0.717) is 38.3 Å². The number of benzene rings is 1. The Morgan fingerprint density at radius 3 is 2.70 bits per heavy atom. The zero-order valence-corrected chi connectivity index (χ0v) is 11.2. The molecule has 1 fully saturated rings. The van der Waals surface area contributed by atoms with Crippen LogP contribution in [0, 0.1) is 11.7 Å². The van der Waals surface area contributed by atoms with Gasteiger partial charge >= 0.3 is 0 Å². The number of amides is 1. The number of carbonyl (C=O) groups is 1. The number of hydrogen-bond acceptors (Lipinski definition) is 4. The van der Waals surface area contributed by atoms with Crippen LogP contribution in [-0.4, -0.2) is 48.8 Å². The van der Waals surface area contributed by atoms with Crippen molar-refractivity contribution in [3.05, 3.63) is 29.6 Å². The van der Waals surface area contributed by atoms with Crippen molar-refractivity contribution in [3.8, 4) is 5.75 Å².